The van der Waals surface area contributed by atoms with Crippen LogP contribution in [0.25, 0.3) is 0 Å². The van der Waals surface area contributed by atoms with E-state index < -0.39 is 67.5 Å². The van der Waals surface area contributed by atoms with Gasteiger partial charge in [0.05, 0.1) is 31.8 Å². The Morgan fingerprint density at radius 1 is 0.933 bits per heavy atom. The van der Waals surface area contributed by atoms with Crippen molar-refractivity contribution in [2.24, 2.45) is 0 Å². The molecule has 2 heterocycles. The minimum absolute atomic E-state index is 0. The first kappa shape index (κ1) is 32.2. The molecule has 0 bridgehead atoms. The Kier molecular flexibility index (Phi) is 18.9. The van der Waals surface area contributed by atoms with Gasteiger partial charge >= 0.3 is 22.4 Å². The number of thiocarbonyl (C=S) groups is 1. The first-order valence-electron chi connectivity index (χ1n) is 8.34. The standard InChI is InChI=1S/2C6H12O5S.C4H4O.Au/c7-1-2-3(8)4(9)5(10)6(12)11-2;7-1-3(8)5(10)6(11)4(9)2-12;1-2-4-5-3-1;/h2-10,12H,1H2;2-11H,1H2;1-4H;/q;;;+1/p-1/t2?,3-,4-,5+,6+;3-,4+,5-,6-;;/m11../s1. The summed E-state index contributed by atoms with van der Waals surface area (Å²) >= 11 is 8.93. The summed E-state index contributed by atoms with van der Waals surface area (Å²) < 4.78 is 9.42. The van der Waals surface area contributed by atoms with Crippen LogP contribution in [0.2, 0.25) is 0 Å². The average molecular weight is 656 g/mol. The molecule has 2 rings (SSSR count). The van der Waals surface area contributed by atoms with Gasteiger partial charge in [0.25, 0.3) is 0 Å². The summed E-state index contributed by atoms with van der Waals surface area (Å²) in [6.45, 7) is -1.12. The van der Waals surface area contributed by atoms with E-state index in [4.69, 9.17) is 45.6 Å². The van der Waals surface area contributed by atoms with Crippen LogP contribution < -0.4 is 0 Å². The van der Waals surface area contributed by atoms with E-state index in [1.54, 1.807) is 12.5 Å². The molecule has 0 radical (unpaired) electrons. The van der Waals surface area contributed by atoms with Gasteiger partial charge in [0.1, 0.15) is 42.7 Å². The predicted octanol–water partition coefficient (Wildman–Crippen LogP) is -3.97. The Balaban J connectivity index is 0. The second-order valence-corrected chi connectivity index (χ2v) is 6.58. The minimum atomic E-state index is -1.61. The third-order valence-corrected chi connectivity index (χ3v) is 4.36. The molecule has 30 heavy (non-hydrogen) atoms. The number of hydrogen-bond donors (Lipinski definition) is 9. The fourth-order valence-corrected chi connectivity index (χ4v) is 2.38. The summed E-state index contributed by atoms with van der Waals surface area (Å²) in [5.74, 6) is 0. The maximum Gasteiger partial charge on any atom is 1.00 e. The van der Waals surface area contributed by atoms with Crippen molar-refractivity contribution in [3.8, 4) is 0 Å². The van der Waals surface area contributed by atoms with E-state index in [9.17, 15) is 5.11 Å². The average Bonchev–Trinajstić information content (AvgIpc) is 3.33. The van der Waals surface area contributed by atoms with Gasteiger partial charge < -0.3 is 67.7 Å². The molecule has 0 saturated carbocycles. The molecule has 11 nitrogen and oxygen atoms in total. The topological polar surface area (TPSA) is 204 Å². The summed E-state index contributed by atoms with van der Waals surface area (Å²) in [7, 11) is 0. The van der Waals surface area contributed by atoms with Crippen LogP contribution in [0.5, 0.6) is 0 Å². The molecule has 1 aliphatic rings. The van der Waals surface area contributed by atoms with Gasteiger partial charge in [-0.3, -0.25) is 0 Å². The van der Waals surface area contributed by atoms with Crippen LogP contribution >= 0.6 is 12.2 Å². The monoisotopic (exact) mass is 656 g/mol. The van der Waals surface area contributed by atoms with Crippen LogP contribution in [0.4, 0.5) is 0 Å². The number of furan rings is 1. The van der Waals surface area contributed by atoms with E-state index in [1.165, 1.54) is 0 Å². The predicted molar refractivity (Wildman–Crippen MR) is 105 cm³/mol. The molecular weight excluding hydrogens is 629 g/mol. The Hall–Kier alpha value is 0.0603. The third-order valence-electron chi connectivity index (χ3n) is 3.69. The summed E-state index contributed by atoms with van der Waals surface area (Å²) in [5, 5.41) is 81.1. The van der Waals surface area contributed by atoms with E-state index in [1.807, 2.05) is 12.1 Å². The van der Waals surface area contributed by atoms with Gasteiger partial charge in [-0.25, -0.2) is 0 Å². The van der Waals surface area contributed by atoms with Gasteiger partial charge in [0, 0.05) is 5.37 Å². The molecule has 9 N–H and O–H groups in total. The summed E-state index contributed by atoms with van der Waals surface area (Å²) in [6, 6.07) is 3.67. The molecule has 1 saturated heterocycles. The normalized spacial score (nSPS) is 29.5. The Bertz CT molecular complexity index is 505. The first-order valence-corrected chi connectivity index (χ1v) is 9.28. The molecule has 1 aromatic rings. The molecule has 0 spiro atoms. The maximum atomic E-state index is 9.18. The zero-order valence-electron chi connectivity index (χ0n) is 15.5. The summed E-state index contributed by atoms with van der Waals surface area (Å²) in [4.78, 5) is 0. The number of aliphatic hydroxyl groups excluding tert-OH is 9. The van der Waals surface area contributed by atoms with Gasteiger partial charge in [-0.2, -0.15) is 0 Å². The van der Waals surface area contributed by atoms with Crippen molar-refractivity contribution in [3.05, 3.63) is 24.7 Å². The molecule has 1 unspecified atom stereocenters. The number of aliphatic hydroxyl groups is 9. The van der Waals surface area contributed by atoms with E-state index in [0.29, 0.717) is 0 Å². The second-order valence-electron chi connectivity index (χ2n) is 5.85. The Morgan fingerprint density at radius 3 is 1.83 bits per heavy atom. The number of hydrogen-bond acceptors (Lipinski definition) is 13. The first-order chi connectivity index (χ1) is 13.6. The van der Waals surface area contributed by atoms with Crippen molar-refractivity contribution in [2.45, 2.75) is 54.3 Å². The molecule has 14 heteroatoms. The molecule has 1 aliphatic heterocycles. The Morgan fingerprint density at radius 2 is 1.47 bits per heavy atom. The van der Waals surface area contributed by atoms with E-state index in [0.717, 1.165) is 5.37 Å². The number of ether oxygens (including phenoxy) is 1. The van der Waals surface area contributed by atoms with Crippen LogP contribution in [0.3, 0.4) is 0 Å². The van der Waals surface area contributed by atoms with Crippen molar-refractivity contribution in [1.29, 1.82) is 0 Å². The van der Waals surface area contributed by atoms with Gasteiger partial charge in [-0.15, -0.1) is 0 Å². The van der Waals surface area contributed by atoms with Gasteiger partial charge in [0.2, 0.25) is 0 Å². The van der Waals surface area contributed by atoms with Crippen LogP contribution in [0.15, 0.2) is 29.1 Å². The van der Waals surface area contributed by atoms with E-state index in [2.05, 4.69) is 29.3 Å². The molecule has 0 amide bonds. The van der Waals surface area contributed by atoms with Crippen molar-refractivity contribution < 1.29 is 77.5 Å². The summed E-state index contributed by atoms with van der Waals surface area (Å²) in [6.07, 6.45) is -7.64. The van der Waals surface area contributed by atoms with Crippen LogP contribution in [-0.4, -0.2) is 119 Å². The van der Waals surface area contributed by atoms with Crippen LogP contribution in [-0.2, 0) is 39.7 Å². The quantitative estimate of drug-likeness (QED) is 0.0816. The Labute approximate surface area is 199 Å². The molecule has 0 aliphatic carbocycles. The fourth-order valence-electron chi connectivity index (χ4n) is 1.91. The van der Waals surface area contributed by atoms with Crippen LogP contribution in [0, 0.1) is 0 Å². The molecule has 0 aromatic carbocycles. The van der Waals surface area contributed by atoms with Crippen molar-refractivity contribution in [3.63, 3.8) is 0 Å². The number of rotatable bonds is 6. The van der Waals surface area contributed by atoms with Crippen LogP contribution in [0.1, 0.15) is 0 Å². The maximum absolute atomic E-state index is 9.18. The fraction of sp³-hybridized carbons (Fsp3) is 0.688. The van der Waals surface area contributed by atoms with E-state index >= 15 is 0 Å². The zero-order chi connectivity index (χ0) is 22.6. The molecular formula is C16H27AuO11S2. The molecule has 180 valence electrons. The molecule has 9 atom stereocenters. The SMILES string of the molecule is OCC1O[C@@H]([S-])[C@@H](O)[C@H](O)[C@@H]1O.OC[C@@H](O)[C@@H](O)[C@H](O)[C@@H](O)C=S.[Au+].c1ccoc1. The van der Waals surface area contributed by atoms with Crippen molar-refractivity contribution in [1.82, 2.24) is 0 Å². The molecule has 1 fully saturated rings. The summed E-state index contributed by atoms with van der Waals surface area (Å²) in [5.41, 5.74) is -0.986. The van der Waals surface area contributed by atoms with Crippen molar-refractivity contribution >= 4 is 30.2 Å². The van der Waals surface area contributed by atoms with Gasteiger partial charge in [0.15, 0.2) is 0 Å². The van der Waals surface area contributed by atoms with Gasteiger partial charge in [-0.1, -0.05) is 12.2 Å². The minimum Gasteiger partial charge on any atom is -0.759 e. The van der Waals surface area contributed by atoms with Gasteiger partial charge in [-0.05, 0) is 17.6 Å². The third kappa shape index (κ3) is 11.1. The zero-order valence-corrected chi connectivity index (χ0v) is 19.3. The van der Waals surface area contributed by atoms with Crippen molar-refractivity contribution in [2.75, 3.05) is 13.2 Å². The second kappa shape index (κ2) is 17.6. The molecule has 1 aromatic heterocycles. The van der Waals surface area contributed by atoms with E-state index in [-0.39, 0.29) is 22.4 Å². The largest absolute Gasteiger partial charge is 1.00 e. The smallest absolute Gasteiger partial charge is 0.759 e.